The van der Waals surface area contributed by atoms with E-state index in [4.69, 9.17) is 10.00 Å². The minimum atomic E-state index is -0.347. The molecule has 0 aliphatic carbocycles. The van der Waals surface area contributed by atoms with Crippen molar-refractivity contribution < 1.29 is 4.74 Å². The monoisotopic (exact) mass is 227 g/mol. The van der Waals surface area contributed by atoms with Gasteiger partial charge in [-0.3, -0.25) is 4.79 Å². The molecule has 0 spiro atoms. The smallest absolute Gasteiger partial charge is 0.293 e. The molecule has 0 amide bonds. The summed E-state index contributed by atoms with van der Waals surface area (Å²) in [5.41, 5.74) is 0.852. The molecule has 0 bridgehead atoms. The second-order valence-corrected chi connectivity index (χ2v) is 3.32. The van der Waals surface area contributed by atoms with E-state index >= 15 is 0 Å². The molecule has 1 aromatic carbocycles. The first kappa shape index (κ1) is 10.9. The van der Waals surface area contributed by atoms with E-state index in [1.165, 1.54) is 13.3 Å². The normalized spacial score (nSPS) is 9.65. The van der Waals surface area contributed by atoms with Gasteiger partial charge in [-0.1, -0.05) is 12.1 Å². The zero-order valence-corrected chi connectivity index (χ0v) is 9.10. The van der Waals surface area contributed by atoms with Crippen LogP contribution in [-0.2, 0) is 0 Å². The molecule has 0 fully saturated rings. The molecule has 0 saturated heterocycles. The number of ether oxygens (including phenoxy) is 1. The zero-order valence-electron chi connectivity index (χ0n) is 9.10. The number of nitriles is 1. The Hall–Kier alpha value is -2.61. The minimum absolute atomic E-state index is 0.158. The van der Waals surface area contributed by atoms with Crippen LogP contribution in [0.15, 0.2) is 35.3 Å². The fraction of sp³-hybridized carbons (Fsp3) is 0.0833. The van der Waals surface area contributed by atoms with Crippen LogP contribution in [0.25, 0.3) is 11.4 Å². The van der Waals surface area contributed by atoms with Crippen molar-refractivity contribution in [1.82, 2.24) is 9.97 Å². The van der Waals surface area contributed by atoms with Crippen molar-refractivity contribution in [2.75, 3.05) is 7.11 Å². The van der Waals surface area contributed by atoms with Crippen molar-refractivity contribution in [3.05, 3.63) is 46.4 Å². The van der Waals surface area contributed by atoms with E-state index < -0.39 is 0 Å². The van der Waals surface area contributed by atoms with Crippen LogP contribution in [0.1, 0.15) is 5.56 Å². The van der Waals surface area contributed by atoms with E-state index in [-0.39, 0.29) is 11.3 Å². The highest BCUT2D eigenvalue weighted by Gasteiger charge is 2.05. The Kier molecular flexibility index (Phi) is 2.88. The van der Waals surface area contributed by atoms with Crippen molar-refractivity contribution in [2.24, 2.45) is 0 Å². The molecule has 1 aromatic heterocycles. The molecule has 2 rings (SSSR count). The summed E-state index contributed by atoms with van der Waals surface area (Å²) in [4.78, 5) is 18.2. The van der Waals surface area contributed by atoms with Crippen molar-refractivity contribution in [3.8, 4) is 23.2 Å². The van der Waals surface area contributed by atoms with Crippen LogP contribution < -0.4 is 10.3 Å². The number of hydrogen-bond acceptors (Lipinski definition) is 4. The molecule has 0 aliphatic rings. The number of rotatable bonds is 2. The van der Waals surface area contributed by atoms with Gasteiger partial charge in [-0.15, -0.1) is 0 Å². The topological polar surface area (TPSA) is 78.8 Å². The second-order valence-electron chi connectivity index (χ2n) is 3.32. The lowest BCUT2D eigenvalue weighted by atomic mass is 10.1. The summed E-state index contributed by atoms with van der Waals surface area (Å²) < 4.78 is 4.82. The van der Waals surface area contributed by atoms with Crippen LogP contribution >= 0.6 is 0 Å². The standard InChI is InChI=1S/C12H9N3O2/c1-17-10-7-14-11(15-12(10)16)9-4-2-3-8(5-9)6-13/h2-5,7H,1H3,(H,14,15,16). The third-order valence-electron chi connectivity index (χ3n) is 2.25. The first-order valence-corrected chi connectivity index (χ1v) is 4.88. The van der Waals surface area contributed by atoms with Crippen LogP contribution in [-0.4, -0.2) is 17.1 Å². The van der Waals surface area contributed by atoms with Gasteiger partial charge in [-0.05, 0) is 12.1 Å². The number of methoxy groups -OCH3 is 1. The molecule has 0 radical (unpaired) electrons. The average molecular weight is 227 g/mol. The van der Waals surface area contributed by atoms with Crippen molar-refractivity contribution >= 4 is 0 Å². The Labute approximate surface area is 97.3 Å². The summed E-state index contributed by atoms with van der Waals surface area (Å²) in [6.07, 6.45) is 1.35. The van der Waals surface area contributed by atoms with Gasteiger partial charge in [0.2, 0.25) is 5.75 Å². The third kappa shape index (κ3) is 2.16. The first-order chi connectivity index (χ1) is 8.24. The zero-order chi connectivity index (χ0) is 12.3. The van der Waals surface area contributed by atoms with Crippen LogP contribution in [0, 0.1) is 11.3 Å². The fourth-order valence-corrected chi connectivity index (χ4v) is 1.41. The van der Waals surface area contributed by atoms with Crippen LogP contribution in [0.4, 0.5) is 0 Å². The summed E-state index contributed by atoms with van der Waals surface area (Å²) in [7, 11) is 1.40. The Bertz CT molecular complexity index is 641. The maximum absolute atomic E-state index is 11.5. The molecule has 1 heterocycles. The number of hydrogen-bond donors (Lipinski definition) is 1. The molecular weight excluding hydrogens is 218 g/mol. The molecule has 2 aromatic rings. The molecule has 0 saturated carbocycles. The molecule has 17 heavy (non-hydrogen) atoms. The summed E-state index contributed by atoms with van der Waals surface area (Å²) in [6, 6.07) is 8.88. The SMILES string of the molecule is COc1cnc(-c2cccc(C#N)c2)[nH]c1=O. The Morgan fingerprint density at radius 3 is 2.94 bits per heavy atom. The number of aromatic nitrogens is 2. The Balaban J connectivity index is 2.50. The summed E-state index contributed by atoms with van der Waals surface area (Å²) in [6.45, 7) is 0. The highest BCUT2D eigenvalue weighted by atomic mass is 16.5. The molecule has 1 N–H and O–H groups in total. The largest absolute Gasteiger partial charge is 0.490 e. The average Bonchev–Trinajstić information content (AvgIpc) is 2.38. The molecular formula is C12H9N3O2. The molecule has 5 nitrogen and oxygen atoms in total. The minimum Gasteiger partial charge on any atom is -0.490 e. The van der Waals surface area contributed by atoms with E-state index in [0.29, 0.717) is 17.0 Å². The first-order valence-electron chi connectivity index (χ1n) is 4.88. The van der Waals surface area contributed by atoms with Gasteiger partial charge in [-0.25, -0.2) is 4.98 Å². The maximum Gasteiger partial charge on any atom is 0.293 e. The highest BCUT2D eigenvalue weighted by molar-refractivity contribution is 5.57. The van der Waals surface area contributed by atoms with Gasteiger partial charge in [0.15, 0.2) is 0 Å². The number of aromatic amines is 1. The molecule has 0 unspecified atom stereocenters. The van der Waals surface area contributed by atoms with E-state index in [2.05, 4.69) is 9.97 Å². The lowest BCUT2D eigenvalue weighted by Gasteiger charge is -2.02. The van der Waals surface area contributed by atoms with Crippen molar-refractivity contribution in [2.45, 2.75) is 0 Å². The van der Waals surface area contributed by atoms with Crippen molar-refractivity contribution in [1.29, 1.82) is 5.26 Å². The number of nitrogens with one attached hydrogen (secondary N) is 1. The predicted octanol–water partition coefficient (Wildman–Crippen LogP) is 1.32. The van der Waals surface area contributed by atoms with Crippen LogP contribution in [0.5, 0.6) is 5.75 Å². The van der Waals surface area contributed by atoms with Gasteiger partial charge in [0.05, 0.1) is 24.9 Å². The van der Waals surface area contributed by atoms with Crippen molar-refractivity contribution in [3.63, 3.8) is 0 Å². The van der Waals surface area contributed by atoms with Gasteiger partial charge in [-0.2, -0.15) is 5.26 Å². The van der Waals surface area contributed by atoms with Crippen LogP contribution in [0.3, 0.4) is 0 Å². The number of benzene rings is 1. The quantitative estimate of drug-likeness (QED) is 0.839. The van der Waals surface area contributed by atoms with Gasteiger partial charge < -0.3 is 9.72 Å². The van der Waals surface area contributed by atoms with Crippen LogP contribution in [0.2, 0.25) is 0 Å². The van der Waals surface area contributed by atoms with Gasteiger partial charge in [0.1, 0.15) is 5.82 Å². The van der Waals surface area contributed by atoms with E-state index in [1.54, 1.807) is 24.3 Å². The van der Waals surface area contributed by atoms with E-state index in [1.807, 2.05) is 6.07 Å². The molecule has 0 aliphatic heterocycles. The summed E-state index contributed by atoms with van der Waals surface area (Å²) in [5, 5.41) is 8.78. The predicted molar refractivity (Wildman–Crippen MR) is 61.6 cm³/mol. The van der Waals surface area contributed by atoms with Gasteiger partial charge in [0.25, 0.3) is 5.56 Å². The third-order valence-corrected chi connectivity index (χ3v) is 2.25. The van der Waals surface area contributed by atoms with Gasteiger partial charge in [0, 0.05) is 5.56 Å². The molecule has 5 heteroatoms. The second kappa shape index (κ2) is 4.49. The maximum atomic E-state index is 11.5. The molecule has 0 atom stereocenters. The summed E-state index contributed by atoms with van der Waals surface area (Å²) >= 11 is 0. The van der Waals surface area contributed by atoms with Gasteiger partial charge >= 0.3 is 0 Å². The van der Waals surface area contributed by atoms with E-state index in [9.17, 15) is 4.79 Å². The molecule has 84 valence electrons. The number of H-pyrrole nitrogens is 1. The number of nitrogens with zero attached hydrogens (tertiary/aromatic N) is 2. The Morgan fingerprint density at radius 2 is 2.29 bits per heavy atom. The highest BCUT2D eigenvalue weighted by Crippen LogP contribution is 2.15. The fourth-order valence-electron chi connectivity index (χ4n) is 1.41. The Morgan fingerprint density at radius 1 is 1.47 bits per heavy atom. The lowest BCUT2D eigenvalue weighted by Crippen LogP contribution is -2.11. The summed E-state index contributed by atoms with van der Waals surface area (Å²) in [5.74, 6) is 0.568. The lowest BCUT2D eigenvalue weighted by molar-refractivity contribution is 0.406. The van der Waals surface area contributed by atoms with E-state index in [0.717, 1.165) is 0 Å².